The number of hydrogen-bond acceptors (Lipinski definition) is 4. The van der Waals surface area contributed by atoms with Gasteiger partial charge >= 0.3 is 6.09 Å². The van der Waals surface area contributed by atoms with Gasteiger partial charge in [0.1, 0.15) is 11.9 Å². The summed E-state index contributed by atoms with van der Waals surface area (Å²) >= 11 is 0. The first kappa shape index (κ1) is 17.4. The van der Waals surface area contributed by atoms with Crippen molar-refractivity contribution < 1.29 is 22.3 Å². The summed E-state index contributed by atoms with van der Waals surface area (Å²) in [5.41, 5.74) is 1.76. The highest BCUT2D eigenvalue weighted by molar-refractivity contribution is 7.89. The zero-order chi connectivity index (χ0) is 18.0. The van der Waals surface area contributed by atoms with Gasteiger partial charge in [-0.05, 0) is 43.3 Å². The van der Waals surface area contributed by atoms with Gasteiger partial charge in [0.05, 0.1) is 11.4 Å². The van der Waals surface area contributed by atoms with Gasteiger partial charge in [0, 0.05) is 12.2 Å². The normalized spacial score (nSPS) is 17.6. The molecule has 2 aromatic rings. The van der Waals surface area contributed by atoms with Crippen LogP contribution in [-0.2, 0) is 14.8 Å². The number of nitrogens with zero attached hydrogens (tertiary/aromatic N) is 1. The van der Waals surface area contributed by atoms with E-state index in [0.717, 1.165) is 17.7 Å². The standard InChI is InChI=1S/C17H17FN2O4S/c1-12-2-6-14(7-3-12)20-11-15(24-17(20)21)10-19-25(22,23)16-8-4-13(18)5-9-16/h2-9,15,19H,10-11H2,1H3. The lowest BCUT2D eigenvalue weighted by Gasteiger charge is -2.13. The third kappa shape index (κ3) is 3.97. The van der Waals surface area contributed by atoms with Crippen LogP contribution in [0.2, 0.25) is 0 Å². The fourth-order valence-corrected chi connectivity index (χ4v) is 3.53. The van der Waals surface area contributed by atoms with Crippen molar-refractivity contribution in [1.82, 2.24) is 4.72 Å². The Morgan fingerprint density at radius 3 is 2.44 bits per heavy atom. The minimum Gasteiger partial charge on any atom is -0.443 e. The second-order valence-corrected chi connectivity index (χ2v) is 7.52. The van der Waals surface area contributed by atoms with Crippen molar-refractivity contribution in [1.29, 1.82) is 0 Å². The monoisotopic (exact) mass is 364 g/mol. The highest BCUT2D eigenvalue weighted by Crippen LogP contribution is 2.22. The van der Waals surface area contributed by atoms with Crippen LogP contribution in [0.4, 0.5) is 14.9 Å². The lowest BCUT2D eigenvalue weighted by Crippen LogP contribution is -2.34. The number of nitrogens with one attached hydrogen (secondary N) is 1. The zero-order valence-corrected chi connectivity index (χ0v) is 14.3. The largest absolute Gasteiger partial charge is 0.443 e. The van der Waals surface area contributed by atoms with Gasteiger partial charge in [0.15, 0.2) is 0 Å². The number of amides is 1. The zero-order valence-electron chi connectivity index (χ0n) is 13.5. The Morgan fingerprint density at radius 1 is 1.16 bits per heavy atom. The minimum absolute atomic E-state index is 0.0476. The summed E-state index contributed by atoms with van der Waals surface area (Å²) in [5.74, 6) is -0.516. The van der Waals surface area contributed by atoms with Crippen LogP contribution in [0, 0.1) is 12.7 Å². The van der Waals surface area contributed by atoms with E-state index in [1.165, 1.54) is 17.0 Å². The molecule has 1 atom stereocenters. The van der Waals surface area contributed by atoms with Crippen LogP contribution in [0.3, 0.4) is 0 Å². The van der Waals surface area contributed by atoms with Gasteiger partial charge in [0.25, 0.3) is 0 Å². The Bertz CT molecular complexity index is 867. The second kappa shape index (κ2) is 6.81. The molecule has 1 aliphatic heterocycles. The summed E-state index contributed by atoms with van der Waals surface area (Å²) in [5, 5.41) is 0. The van der Waals surface area contributed by atoms with Crippen molar-refractivity contribution in [3.63, 3.8) is 0 Å². The van der Waals surface area contributed by atoms with Crippen molar-refractivity contribution in [2.45, 2.75) is 17.9 Å². The van der Waals surface area contributed by atoms with E-state index in [2.05, 4.69) is 4.72 Å². The van der Waals surface area contributed by atoms with E-state index < -0.39 is 28.0 Å². The van der Waals surface area contributed by atoms with Crippen LogP contribution < -0.4 is 9.62 Å². The first-order valence-corrected chi connectivity index (χ1v) is 9.13. The van der Waals surface area contributed by atoms with Crippen molar-refractivity contribution in [2.24, 2.45) is 0 Å². The number of anilines is 1. The van der Waals surface area contributed by atoms with Gasteiger partial charge < -0.3 is 4.74 Å². The lowest BCUT2D eigenvalue weighted by molar-refractivity contribution is 0.143. The van der Waals surface area contributed by atoms with Crippen LogP contribution in [-0.4, -0.2) is 33.7 Å². The highest BCUT2D eigenvalue weighted by atomic mass is 32.2. The molecule has 1 unspecified atom stereocenters. The van der Waals surface area contributed by atoms with E-state index in [9.17, 15) is 17.6 Å². The van der Waals surface area contributed by atoms with E-state index in [0.29, 0.717) is 5.69 Å². The molecule has 0 aromatic heterocycles. The molecule has 25 heavy (non-hydrogen) atoms. The third-order valence-electron chi connectivity index (χ3n) is 3.84. The molecule has 3 rings (SSSR count). The fourth-order valence-electron chi connectivity index (χ4n) is 2.46. The molecular weight excluding hydrogens is 347 g/mol. The quantitative estimate of drug-likeness (QED) is 0.884. The molecular formula is C17H17FN2O4S. The number of benzene rings is 2. The number of cyclic esters (lactones) is 1. The maximum atomic E-state index is 12.9. The Hall–Kier alpha value is -2.45. The fraction of sp³-hybridized carbons (Fsp3) is 0.235. The van der Waals surface area contributed by atoms with E-state index >= 15 is 0 Å². The number of ether oxygens (including phenoxy) is 1. The number of carbonyl (C=O) groups excluding carboxylic acids is 1. The number of sulfonamides is 1. The van der Waals surface area contributed by atoms with Gasteiger partial charge in [-0.25, -0.2) is 22.3 Å². The Balaban J connectivity index is 1.63. The minimum atomic E-state index is -3.80. The molecule has 1 fully saturated rings. The summed E-state index contributed by atoms with van der Waals surface area (Å²) in [6, 6.07) is 11.9. The Labute approximate surface area is 145 Å². The van der Waals surface area contributed by atoms with Gasteiger partial charge in [-0.1, -0.05) is 17.7 Å². The third-order valence-corrected chi connectivity index (χ3v) is 5.28. The number of aryl methyl sites for hydroxylation is 1. The van der Waals surface area contributed by atoms with Gasteiger partial charge in [-0.2, -0.15) is 0 Å². The van der Waals surface area contributed by atoms with E-state index in [-0.39, 0.29) is 18.0 Å². The summed E-state index contributed by atoms with van der Waals surface area (Å²) < 4.78 is 44.9. The molecule has 0 aliphatic carbocycles. The molecule has 1 N–H and O–H groups in total. The first-order chi connectivity index (χ1) is 11.8. The molecule has 0 bridgehead atoms. The van der Waals surface area contributed by atoms with Crippen LogP contribution in [0.15, 0.2) is 53.4 Å². The lowest BCUT2D eigenvalue weighted by atomic mass is 10.2. The average molecular weight is 364 g/mol. The van der Waals surface area contributed by atoms with E-state index in [4.69, 9.17) is 4.74 Å². The smallest absolute Gasteiger partial charge is 0.414 e. The molecule has 0 spiro atoms. The van der Waals surface area contributed by atoms with Crippen LogP contribution in [0.1, 0.15) is 5.56 Å². The molecule has 0 radical (unpaired) electrons. The maximum absolute atomic E-state index is 12.9. The van der Waals surface area contributed by atoms with Crippen molar-refractivity contribution in [3.8, 4) is 0 Å². The summed E-state index contributed by atoms with van der Waals surface area (Å²) in [6.07, 6.45) is -1.13. The van der Waals surface area contributed by atoms with Crippen LogP contribution in [0.25, 0.3) is 0 Å². The van der Waals surface area contributed by atoms with Crippen molar-refractivity contribution in [3.05, 3.63) is 59.9 Å². The number of carbonyl (C=O) groups is 1. The number of halogens is 1. The Morgan fingerprint density at radius 2 is 1.80 bits per heavy atom. The molecule has 1 saturated heterocycles. The molecule has 6 nitrogen and oxygen atoms in total. The summed E-state index contributed by atoms with van der Waals surface area (Å²) in [7, 11) is -3.80. The molecule has 0 saturated carbocycles. The van der Waals surface area contributed by atoms with Crippen molar-refractivity contribution >= 4 is 21.8 Å². The number of rotatable bonds is 5. The van der Waals surface area contributed by atoms with Crippen LogP contribution >= 0.6 is 0 Å². The first-order valence-electron chi connectivity index (χ1n) is 7.65. The maximum Gasteiger partial charge on any atom is 0.414 e. The summed E-state index contributed by atoms with van der Waals surface area (Å²) in [4.78, 5) is 13.4. The molecule has 2 aromatic carbocycles. The molecule has 8 heteroatoms. The summed E-state index contributed by atoms with van der Waals surface area (Å²) in [6.45, 7) is 2.13. The van der Waals surface area contributed by atoms with Crippen molar-refractivity contribution in [2.75, 3.05) is 18.0 Å². The molecule has 1 heterocycles. The predicted molar refractivity (Wildman–Crippen MR) is 90.4 cm³/mol. The molecule has 1 amide bonds. The Kier molecular flexibility index (Phi) is 4.73. The molecule has 132 valence electrons. The van der Waals surface area contributed by atoms with Gasteiger partial charge in [-0.3, -0.25) is 4.90 Å². The number of hydrogen-bond donors (Lipinski definition) is 1. The second-order valence-electron chi connectivity index (χ2n) is 5.76. The van der Waals surface area contributed by atoms with Crippen LogP contribution in [0.5, 0.6) is 0 Å². The van der Waals surface area contributed by atoms with Gasteiger partial charge in [-0.15, -0.1) is 0 Å². The van der Waals surface area contributed by atoms with E-state index in [1.54, 1.807) is 0 Å². The average Bonchev–Trinajstić information content (AvgIpc) is 2.95. The molecule has 1 aliphatic rings. The van der Waals surface area contributed by atoms with E-state index in [1.807, 2.05) is 31.2 Å². The SMILES string of the molecule is Cc1ccc(N2CC(CNS(=O)(=O)c3ccc(F)cc3)OC2=O)cc1. The van der Waals surface area contributed by atoms with Gasteiger partial charge in [0.2, 0.25) is 10.0 Å². The topological polar surface area (TPSA) is 75.7 Å². The highest BCUT2D eigenvalue weighted by Gasteiger charge is 2.33. The predicted octanol–water partition coefficient (Wildman–Crippen LogP) is 2.44.